The summed E-state index contributed by atoms with van der Waals surface area (Å²) in [5.74, 6) is 2.91. The van der Waals surface area contributed by atoms with Gasteiger partial charge in [0.15, 0.2) is 11.5 Å². The maximum Gasteiger partial charge on any atom is 0.164 e. The number of nitrogens with two attached hydrogens (primary N) is 1. The van der Waals surface area contributed by atoms with Crippen LogP contribution in [-0.4, -0.2) is 27.9 Å². The van der Waals surface area contributed by atoms with Crippen molar-refractivity contribution in [3.05, 3.63) is 17.2 Å². The van der Waals surface area contributed by atoms with E-state index in [-0.39, 0.29) is 0 Å². The fraction of sp³-hybridized carbons (Fsp3) is 0.571. The third kappa shape index (κ3) is 2.01. The molecule has 18 heavy (non-hydrogen) atoms. The van der Waals surface area contributed by atoms with E-state index in [4.69, 9.17) is 19.9 Å². The number of rotatable bonds is 5. The summed E-state index contributed by atoms with van der Waals surface area (Å²) in [6.07, 6.45) is 3.09. The van der Waals surface area contributed by atoms with E-state index in [2.05, 4.69) is 0 Å². The number of benzene rings is 1. The average Bonchev–Trinajstić information content (AvgIpc) is 2.81. The summed E-state index contributed by atoms with van der Waals surface area (Å²) >= 11 is 0. The fourth-order valence-corrected chi connectivity index (χ4v) is 2.86. The van der Waals surface area contributed by atoms with Gasteiger partial charge in [0.1, 0.15) is 5.75 Å². The minimum atomic E-state index is 0.448. The lowest BCUT2D eigenvalue weighted by molar-refractivity contribution is 0.343. The predicted octanol–water partition coefficient (Wildman–Crippen LogP) is 2.09. The van der Waals surface area contributed by atoms with Crippen LogP contribution in [0.2, 0.25) is 0 Å². The molecule has 1 aliphatic rings. The Kier molecular flexibility index (Phi) is 3.97. The van der Waals surface area contributed by atoms with E-state index < -0.39 is 0 Å². The van der Waals surface area contributed by atoms with E-state index in [1.165, 1.54) is 11.1 Å². The van der Waals surface area contributed by atoms with Gasteiger partial charge in [-0.1, -0.05) is 0 Å². The van der Waals surface area contributed by atoms with Crippen LogP contribution >= 0.6 is 0 Å². The van der Waals surface area contributed by atoms with Crippen LogP contribution in [0, 0.1) is 0 Å². The zero-order chi connectivity index (χ0) is 13.1. The first kappa shape index (κ1) is 13.0. The summed E-state index contributed by atoms with van der Waals surface area (Å²) in [4.78, 5) is 0. The first-order valence-corrected chi connectivity index (χ1v) is 6.28. The molecule has 4 heteroatoms. The molecule has 1 unspecified atom stereocenters. The van der Waals surface area contributed by atoms with Crippen molar-refractivity contribution < 1.29 is 14.2 Å². The maximum absolute atomic E-state index is 5.69. The molecule has 0 fully saturated rings. The largest absolute Gasteiger partial charge is 0.496 e. The molecule has 100 valence electrons. The zero-order valence-corrected chi connectivity index (χ0v) is 11.3. The molecule has 2 N–H and O–H groups in total. The van der Waals surface area contributed by atoms with Gasteiger partial charge < -0.3 is 19.9 Å². The highest BCUT2D eigenvalue weighted by molar-refractivity contribution is 5.60. The Morgan fingerprint density at radius 3 is 2.44 bits per heavy atom. The van der Waals surface area contributed by atoms with E-state index in [0.717, 1.165) is 36.5 Å². The van der Waals surface area contributed by atoms with Gasteiger partial charge in [0.25, 0.3) is 0 Å². The van der Waals surface area contributed by atoms with Crippen molar-refractivity contribution in [3.8, 4) is 17.2 Å². The number of fused-ring (bicyclic) bond motifs is 1. The molecule has 2 rings (SSSR count). The van der Waals surface area contributed by atoms with Crippen LogP contribution in [0.25, 0.3) is 0 Å². The van der Waals surface area contributed by atoms with Crippen molar-refractivity contribution in [2.75, 3.05) is 27.9 Å². The third-order valence-electron chi connectivity index (χ3n) is 3.66. The Labute approximate surface area is 108 Å². The van der Waals surface area contributed by atoms with Crippen LogP contribution in [0.1, 0.15) is 29.9 Å². The second-order valence-electron chi connectivity index (χ2n) is 4.52. The van der Waals surface area contributed by atoms with Crippen molar-refractivity contribution in [2.45, 2.75) is 25.2 Å². The van der Waals surface area contributed by atoms with E-state index in [1.807, 2.05) is 6.07 Å². The molecular formula is C14H21NO3. The molecule has 1 aromatic carbocycles. The topological polar surface area (TPSA) is 53.7 Å². The Hall–Kier alpha value is -1.42. The van der Waals surface area contributed by atoms with Crippen molar-refractivity contribution in [2.24, 2.45) is 5.73 Å². The van der Waals surface area contributed by atoms with Gasteiger partial charge >= 0.3 is 0 Å². The Balaban J connectivity index is 2.56. The molecule has 0 bridgehead atoms. The quantitative estimate of drug-likeness (QED) is 0.870. The molecular weight excluding hydrogens is 230 g/mol. The SMILES string of the molecule is COc1cc(OC)c(OC)c2c1CCC2CCN. The summed E-state index contributed by atoms with van der Waals surface area (Å²) in [5, 5.41) is 0. The van der Waals surface area contributed by atoms with Crippen LogP contribution in [0.15, 0.2) is 6.07 Å². The minimum absolute atomic E-state index is 0.448. The van der Waals surface area contributed by atoms with Gasteiger partial charge in [-0.25, -0.2) is 0 Å². The van der Waals surface area contributed by atoms with E-state index in [1.54, 1.807) is 21.3 Å². The summed E-state index contributed by atoms with van der Waals surface area (Å²) in [6.45, 7) is 0.687. The summed E-state index contributed by atoms with van der Waals surface area (Å²) in [6, 6.07) is 1.91. The van der Waals surface area contributed by atoms with E-state index in [9.17, 15) is 0 Å². The van der Waals surface area contributed by atoms with Gasteiger partial charge in [0.2, 0.25) is 0 Å². The average molecular weight is 251 g/mol. The molecule has 0 heterocycles. The molecule has 0 aliphatic heterocycles. The molecule has 4 nitrogen and oxygen atoms in total. The summed E-state index contributed by atoms with van der Waals surface area (Å²) < 4.78 is 16.4. The molecule has 0 amide bonds. The molecule has 0 aromatic heterocycles. The molecule has 0 radical (unpaired) electrons. The van der Waals surface area contributed by atoms with E-state index >= 15 is 0 Å². The fourth-order valence-electron chi connectivity index (χ4n) is 2.86. The molecule has 0 spiro atoms. The van der Waals surface area contributed by atoms with Crippen molar-refractivity contribution in [1.82, 2.24) is 0 Å². The number of methoxy groups -OCH3 is 3. The Bertz CT molecular complexity index is 432. The van der Waals surface area contributed by atoms with Gasteiger partial charge in [-0.2, -0.15) is 0 Å². The Morgan fingerprint density at radius 2 is 1.89 bits per heavy atom. The lowest BCUT2D eigenvalue weighted by Gasteiger charge is -2.19. The zero-order valence-electron chi connectivity index (χ0n) is 11.3. The minimum Gasteiger partial charge on any atom is -0.496 e. The Morgan fingerprint density at radius 1 is 1.17 bits per heavy atom. The predicted molar refractivity (Wildman–Crippen MR) is 70.8 cm³/mol. The number of ether oxygens (including phenoxy) is 3. The van der Waals surface area contributed by atoms with Crippen LogP contribution in [-0.2, 0) is 6.42 Å². The number of hydrogen-bond acceptors (Lipinski definition) is 4. The lowest BCUT2D eigenvalue weighted by Crippen LogP contribution is -2.07. The highest BCUT2D eigenvalue weighted by Gasteiger charge is 2.31. The lowest BCUT2D eigenvalue weighted by atomic mass is 9.96. The van der Waals surface area contributed by atoms with Crippen LogP contribution in [0.5, 0.6) is 17.2 Å². The van der Waals surface area contributed by atoms with Gasteiger partial charge in [-0.3, -0.25) is 0 Å². The van der Waals surface area contributed by atoms with Gasteiger partial charge in [0.05, 0.1) is 21.3 Å². The van der Waals surface area contributed by atoms with Crippen molar-refractivity contribution >= 4 is 0 Å². The van der Waals surface area contributed by atoms with Crippen molar-refractivity contribution in [1.29, 1.82) is 0 Å². The van der Waals surface area contributed by atoms with Gasteiger partial charge in [0, 0.05) is 17.2 Å². The summed E-state index contributed by atoms with van der Waals surface area (Å²) in [7, 11) is 5.02. The van der Waals surface area contributed by atoms with Gasteiger partial charge in [-0.05, 0) is 31.7 Å². The summed E-state index contributed by atoms with van der Waals surface area (Å²) in [5.41, 5.74) is 8.16. The molecule has 0 saturated heterocycles. The van der Waals surface area contributed by atoms with Crippen LogP contribution < -0.4 is 19.9 Å². The van der Waals surface area contributed by atoms with Crippen LogP contribution in [0.3, 0.4) is 0 Å². The maximum atomic E-state index is 5.69. The first-order valence-electron chi connectivity index (χ1n) is 6.28. The van der Waals surface area contributed by atoms with Gasteiger partial charge in [-0.15, -0.1) is 0 Å². The van der Waals surface area contributed by atoms with Crippen LogP contribution in [0.4, 0.5) is 0 Å². The first-order chi connectivity index (χ1) is 8.76. The molecule has 1 aliphatic carbocycles. The molecule has 1 aromatic rings. The smallest absolute Gasteiger partial charge is 0.164 e. The number of hydrogen-bond donors (Lipinski definition) is 1. The second kappa shape index (κ2) is 5.48. The monoisotopic (exact) mass is 251 g/mol. The van der Waals surface area contributed by atoms with E-state index in [0.29, 0.717) is 12.5 Å². The molecule has 0 saturated carbocycles. The van der Waals surface area contributed by atoms with Crippen molar-refractivity contribution in [3.63, 3.8) is 0 Å². The normalized spacial score (nSPS) is 17.4. The highest BCUT2D eigenvalue weighted by Crippen LogP contribution is 2.49. The standard InChI is InChI=1S/C14H21NO3/c1-16-11-8-12(17-2)14(18-3)13-9(6-7-15)4-5-10(11)13/h8-9H,4-7,15H2,1-3H3. The highest BCUT2D eigenvalue weighted by atomic mass is 16.5. The molecule has 1 atom stereocenters. The third-order valence-corrected chi connectivity index (χ3v) is 3.66. The second-order valence-corrected chi connectivity index (χ2v) is 4.52.